The van der Waals surface area contributed by atoms with Gasteiger partial charge < -0.3 is 15.0 Å². The molecule has 1 amide bonds. The molecule has 0 unspecified atom stereocenters. The van der Waals surface area contributed by atoms with Crippen LogP contribution in [0.1, 0.15) is 12.0 Å². The Kier molecular flexibility index (Phi) is 4.45. The number of ether oxygens (including phenoxy) is 1. The topological polar surface area (TPSA) is 57.4 Å². The zero-order valence-electron chi connectivity index (χ0n) is 13.1. The summed E-state index contributed by atoms with van der Waals surface area (Å²) in [5, 5.41) is 4.26. The first-order valence-corrected chi connectivity index (χ1v) is 7.74. The summed E-state index contributed by atoms with van der Waals surface area (Å²) in [5.74, 6) is 0.102. The van der Waals surface area contributed by atoms with E-state index in [0.717, 1.165) is 24.9 Å². The maximum atomic E-state index is 12.3. The Bertz CT molecular complexity index is 652. The molecule has 1 aliphatic rings. The molecule has 5 nitrogen and oxygen atoms in total. The predicted molar refractivity (Wildman–Crippen MR) is 86.8 cm³/mol. The van der Waals surface area contributed by atoms with Gasteiger partial charge in [0.15, 0.2) is 0 Å². The van der Waals surface area contributed by atoms with Gasteiger partial charge in [-0.05, 0) is 49.0 Å². The summed E-state index contributed by atoms with van der Waals surface area (Å²) in [4.78, 5) is 17.5. The molecule has 0 radical (unpaired) electrons. The van der Waals surface area contributed by atoms with Crippen LogP contribution in [0.5, 0.6) is 0 Å². The number of hydrogen-bond donors (Lipinski definition) is 2. The van der Waals surface area contributed by atoms with Crippen molar-refractivity contribution >= 4 is 16.8 Å². The molecule has 2 heterocycles. The molecule has 1 aliphatic heterocycles. The van der Waals surface area contributed by atoms with Crippen LogP contribution in [0.3, 0.4) is 0 Å². The smallest absolute Gasteiger partial charge is 0.237 e. The molecule has 2 aromatic rings. The molecule has 5 heteroatoms. The third-order valence-electron chi connectivity index (χ3n) is 4.48. The van der Waals surface area contributed by atoms with Gasteiger partial charge >= 0.3 is 0 Å². The zero-order valence-corrected chi connectivity index (χ0v) is 13.1. The molecule has 1 saturated heterocycles. The van der Waals surface area contributed by atoms with E-state index in [4.69, 9.17) is 4.74 Å². The van der Waals surface area contributed by atoms with Crippen LogP contribution >= 0.6 is 0 Å². The summed E-state index contributed by atoms with van der Waals surface area (Å²) in [6.45, 7) is 1.48. The van der Waals surface area contributed by atoms with E-state index in [1.165, 1.54) is 10.9 Å². The number of hydrogen-bond acceptors (Lipinski definition) is 3. The van der Waals surface area contributed by atoms with Crippen molar-refractivity contribution in [2.45, 2.75) is 25.0 Å². The van der Waals surface area contributed by atoms with E-state index < -0.39 is 0 Å². The Labute approximate surface area is 130 Å². The number of rotatable bonds is 5. The Morgan fingerprint density at radius 3 is 3.09 bits per heavy atom. The van der Waals surface area contributed by atoms with Crippen molar-refractivity contribution in [3.05, 3.63) is 36.0 Å². The van der Waals surface area contributed by atoms with E-state index >= 15 is 0 Å². The minimum absolute atomic E-state index is 0.0721. The lowest BCUT2D eigenvalue weighted by Crippen LogP contribution is -2.42. The predicted octanol–water partition coefficient (Wildman–Crippen LogP) is 1.55. The summed E-state index contributed by atoms with van der Waals surface area (Å²) < 4.78 is 5.34. The number of methoxy groups -OCH3 is 1. The zero-order chi connectivity index (χ0) is 15.5. The monoisotopic (exact) mass is 301 g/mol. The maximum absolute atomic E-state index is 12.3. The standard InChI is InChI=1S/C17H23N3O2/c1-20-11-14(22-2)10-16(20)17(21)19-7-5-12-3-4-15-13(9-12)6-8-18-15/h3-4,6,8-9,14,16,18H,5,7,10-11H2,1-2H3,(H,19,21)/t14-,16-/m0/s1. The number of fused-ring (bicyclic) bond motifs is 1. The van der Waals surface area contributed by atoms with Crippen molar-refractivity contribution in [2.24, 2.45) is 0 Å². The quantitative estimate of drug-likeness (QED) is 0.881. The van der Waals surface area contributed by atoms with Gasteiger partial charge in [0.25, 0.3) is 0 Å². The number of carbonyl (C=O) groups is 1. The molecule has 0 aliphatic carbocycles. The van der Waals surface area contributed by atoms with Crippen LogP contribution in [0.4, 0.5) is 0 Å². The van der Waals surface area contributed by atoms with Crippen LogP contribution in [0.15, 0.2) is 30.5 Å². The van der Waals surface area contributed by atoms with Crippen LogP contribution in [-0.2, 0) is 16.0 Å². The van der Waals surface area contributed by atoms with Crippen molar-refractivity contribution in [3.8, 4) is 0 Å². The molecule has 0 saturated carbocycles. The second-order valence-electron chi connectivity index (χ2n) is 5.99. The van der Waals surface area contributed by atoms with Gasteiger partial charge in [-0.1, -0.05) is 6.07 Å². The number of carbonyl (C=O) groups excluding carboxylic acids is 1. The Morgan fingerprint density at radius 1 is 1.45 bits per heavy atom. The molecule has 1 aromatic carbocycles. The summed E-state index contributed by atoms with van der Waals surface area (Å²) in [6.07, 6.45) is 3.72. The van der Waals surface area contributed by atoms with E-state index in [2.05, 4.69) is 39.5 Å². The summed E-state index contributed by atoms with van der Waals surface area (Å²) >= 11 is 0. The number of likely N-dealkylation sites (N-methyl/N-ethyl adjacent to an activating group) is 1. The van der Waals surface area contributed by atoms with Gasteiger partial charge in [0.05, 0.1) is 12.1 Å². The van der Waals surface area contributed by atoms with Crippen molar-refractivity contribution in [2.75, 3.05) is 27.2 Å². The molecule has 2 atom stereocenters. The molecule has 1 aromatic heterocycles. The Hall–Kier alpha value is -1.85. The first-order valence-electron chi connectivity index (χ1n) is 7.74. The van der Waals surface area contributed by atoms with Crippen LogP contribution in [-0.4, -0.2) is 55.2 Å². The molecule has 22 heavy (non-hydrogen) atoms. The number of benzene rings is 1. The highest BCUT2D eigenvalue weighted by Crippen LogP contribution is 2.18. The average molecular weight is 301 g/mol. The number of H-pyrrole nitrogens is 1. The van der Waals surface area contributed by atoms with Gasteiger partial charge in [0.2, 0.25) is 5.91 Å². The summed E-state index contributed by atoms with van der Waals surface area (Å²) in [5.41, 5.74) is 2.38. The first-order chi connectivity index (χ1) is 10.7. The van der Waals surface area contributed by atoms with Gasteiger partial charge in [0.1, 0.15) is 0 Å². The van der Waals surface area contributed by atoms with Crippen LogP contribution in [0, 0.1) is 0 Å². The normalized spacial score (nSPS) is 22.3. The lowest BCUT2D eigenvalue weighted by atomic mass is 10.1. The third-order valence-corrected chi connectivity index (χ3v) is 4.48. The highest BCUT2D eigenvalue weighted by atomic mass is 16.5. The maximum Gasteiger partial charge on any atom is 0.237 e. The molecule has 3 rings (SSSR count). The van der Waals surface area contributed by atoms with Gasteiger partial charge in [-0.3, -0.25) is 9.69 Å². The molecular formula is C17H23N3O2. The molecule has 1 fully saturated rings. The largest absolute Gasteiger partial charge is 0.380 e. The molecule has 118 valence electrons. The highest BCUT2D eigenvalue weighted by Gasteiger charge is 2.34. The molecule has 0 bridgehead atoms. The van der Waals surface area contributed by atoms with Crippen molar-refractivity contribution < 1.29 is 9.53 Å². The molecular weight excluding hydrogens is 278 g/mol. The fraction of sp³-hybridized carbons (Fsp3) is 0.471. The minimum atomic E-state index is -0.0721. The summed E-state index contributed by atoms with van der Waals surface area (Å²) in [7, 11) is 3.68. The second kappa shape index (κ2) is 6.50. The minimum Gasteiger partial charge on any atom is -0.380 e. The number of aromatic amines is 1. The van der Waals surface area contributed by atoms with Gasteiger partial charge in [-0.15, -0.1) is 0 Å². The lowest BCUT2D eigenvalue weighted by Gasteiger charge is -2.18. The number of amides is 1. The Balaban J connectivity index is 1.51. The van der Waals surface area contributed by atoms with E-state index in [-0.39, 0.29) is 18.1 Å². The van der Waals surface area contributed by atoms with Crippen molar-refractivity contribution in [1.29, 1.82) is 0 Å². The van der Waals surface area contributed by atoms with Gasteiger partial charge in [-0.25, -0.2) is 0 Å². The van der Waals surface area contributed by atoms with Crippen LogP contribution in [0.25, 0.3) is 10.9 Å². The van der Waals surface area contributed by atoms with E-state index in [9.17, 15) is 4.79 Å². The van der Waals surface area contributed by atoms with E-state index in [1.807, 2.05) is 13.2 Å². The third kappa shape index (κ3) is 3.15. The van der Waals surface area contributed by atoms with Crippen LogP contribution in [0.2, 0.25) is 0 Å². The Morgan fingerprint density at radius 2 is 2.32 bits per heavy atom. The fourth-order valence-corrected chi connectivity index (χ4v) is 3.14. The SMILES string of the molecule is CO[C@H]1C[C@@H](C(=O)NCCc2ccc3[nH]ccc3c2)N(C)C1. The second-order valence-corrected chi connectivity index (χ2v) is 5.99. The number of nitrogens with one attached hydrogen (secondary N) is 2. The first kappa shape index (κ1) is 15.1. The van der Waals surface area contributed by atoms with Crippen LogP contribution < -0.4 is 5.32 Å². The van der Waals surface area contributed by atoms with Crippen molar-refractivity contribution in [3.63, 3.8) is 0 Å². The number of likely N-dealkylation sites (tertiary alicyclic amines) is 1. The average Bonchev–Trinajstić information content (AvgIpc) is 3.12. The van der Waals surface area contributed by atoms with E-state index in [1.54, 1.807) is 7.11 Å². The van der Waals surface area contributed by atoms with E-state index in [0.29, 0.717) is 6.54 Å². The number of aromatic nitrogens is 1. The number of nitrogens with zero attached hydrogens (tertiary/aromatic N) is 1. The molecule has 0 spiro atoms. The fourth-order valence-electron chi connectivity index (χ4n) is 3.14. The summed E-state index contributed by atoms with van der Waals surface area (Å²) in [6, 6.07) is 8.35. The van der Waals surface area contributed by atoms with Crippen molar-refractivity contribution in [1.82, 2.24) is 15.2 Å². The van der Waals surface area contributed by atoms with Gasteiger partial charge in [-0.2, -0.15) is 0 Å². The van der Waals surface area contributed by atoms with Gasteiger partial charge in [0, 0.05) is 31.9 Å². The molecule has 2 N–H and O–H groups in total. The highest BCUT2D eigenvalue weighted by molar-refractivity contribution is 5.82. The lowest BCUT2D eigenvalue weighted by molar-refractivity contribution is -0.125.